The third-order valence-electron chi connectivity index (χ3n) is 3.62. The van der Waals surface area contributed by atoms with Crippen molar-refractivity contribution in [2.75, 3.05) is 12.2 Å². The first-order chi connectivity index (χ1) is 12.7. The topological polar surface area (TPSA) is 79.5 Å². The number of benzene rings is 2. The van der Waals surface area contributed by atoms with E-state index in [0.717, 1.165) is 5.56 Å². The zero-order valence-corrected chi connectivity index (χ0v) is 14.1. The Balaban J connectivity index is 1.56. The van der Waals surface area contributed by atoms with E-state index in [-0.39, 0.29) is 18.3 Å². The summed E-state index contributed by atoms with van der Waals surface area (Å²) in [5.41, 5.74) is 5.03. The minimum absolute atomic E-state index is 0.145. The Hall–Kier alpha value is -3.44. The average molecular weight is 366 g/mol. The lowest BCUT2D eigenvalue weighted by molar-refractivity contribution is 0.174. The maximum atomic E-state index is 12.9. The molecule has 0 radical (unpaired) electrons. The molecule has 0 unspecified atom stereocenters. The first kappa shape index (κ1) is 16.1. The van der Waals surface area contributed by atoms with Crippen LogP contribution in [-0.2, 0) is 0 Å². The Bertz CT molecular complexity index is 1020. The van der Waals surface area contributed by atoms with Crippen LogP contribution < -0.4 is 14.9 Å². The molecule has 0 saturated heterocycles. The van der Waals surface area contributed by atoms with Gasteiger partial charge in [-0.1, -0.05) is 0 Å². The van der Waals surface area contributed by atoms with Crippen LogP contribution in [0.15, 0.2) is 52.9 Å². The Morgan fingerprint density at radius 1 is 1.19 bits per heavy atom. The van der Waals surface area contributed by atoms with Crippen molar-refractivity contribution in [3.05, 3.63) is 58.7 Å². The van der Waals surface area contributed by atoms with E-state index in [0.29, 0.717) is 27.9 Å². The fraction of sp³-hybridized carbons (Fsp3) is 0.0556. The number of halogens is 1. The molecule has 0 fully saturated rings. The maximum absolute atomic E-state index is 12.9. The van der Waals surface area contributed by atoms with Crippen molar-refractivity contribution in [1.29, 1.82) is 5.26 Å². The number of hydrogen-bond acceptors (Lipinski definition) is 7. The van der Waals surface area contributed by atoms with Crippen LogP contribution in [0.1, 0.15) is 5.01 Å². The lowest BCUT2D eigenvalue weighted by atomic mass is 10.1. The van der Waals surface area contributed by atoms with Crippen molar-refractivity contribution in [1.82, 2.24) is 4.98 Å². The Labute approximate surface area is 152 Å². The van der Waals surface area contributed by atoms with Crippen molar-refractivity contribution in [2.24, 2.45) is 5.10 Å². The molecule has 1 aliphatic heterocycles. The summed E-state index contributed by atoms with van der Waals surface area (Å²) in [5.74, 6) is 1.03. The van der Waals surface area contributed by atoms with Crippen molar-refractivity contribution < 1.29 is 13.9 Å². The summed E-state index contributed by atoms with van der Waals surface area (Å²) in [7, 11) is 0. The quantitative estimate of drug-likeness (QED) is 0.557. The van der Waals surface area contributed by atoms with E-state index in [1.54, 1.807) is 0 Å². The third-order valence-corrected chi connectivity index (χ3v) is 4.47. The average Bonchev–Trinajstić information content (AvgIpc) is 3.32. The minimum Gasteiger partial charge on any atom is -0.454 e. The van der Waals surface area contributed by atoms with Crippen LogP contribution in [0.5, 0.6) is 11.5 Å². The number of anilines is 1. The Kier molecular flexibility index (Phi) is 4.21. The fourth-order valence-corrected chi connectivity index (χ4v) is 3.10. The molecule has 0 amide bonds. The molecule has 0 saturated carbocycles. The monoisotopic (exact) mass is 366 g/mol. The van der Waals surface area contributed by atoms with Crippen LogP contribution in [0.25, 0.3) is 11.3 Å². The van der Waals surface area contributed by atoms with E-state index in [4.69, 9.17) is 9.47 Å². The number of nitrogens with one attached hydrogen (secondary N) is 1. The second kappa shape index (κ2) is 6.82. The van der Waals surface area contributed by atoms with Crippen molar-refractivity contribution >= 4 is 22.7 Å². The summed E-state index contributed by atoms with van der Waals surface area (Å²) in [6, 6.07) is 13.3. The third kappa shape index (κ3) is 3.20. The molecule has 26 heavy (non-hydrogen) atoms. The second-order valence-corrected chi connectivity index (χ2v) is 6.15. The molecular formula is C18H11FN4O2S. The zero-order valence-electron chi connectivity index (χ0n) is 13.3. The number of rotatable bonds is 4. The van der Waals surface area contributed by atoms with Crippen LogP contribution in [0.2, 0.25) is 0 Å². The summed E-state index contributed by atoms with van der Waals surface area (Å²) in [4.78, 5) is 4.47. The van der Waals surface area contributed by atoms with Gasteiger partial charge in [-0.3, -0.25) is 5.43 Å². The van der Waals surface area contributed by atoms with E-state index in [1.165, 1.54) is 35.6 Å². The lowest BCUT2D eigenvalue weighted by Gasteiger charge is -2.00. The Morgan fingerprint density at radius 3 is 2.81 bits per heavy atom. The van der Waals surface area contributed by atoms with Gasteiger partial charge < -0.3 is 9.47 Å². The summed E-state index contributed by atoms with van der Waals surface area (Å²) >= 11 is 1.31. The standard InChI is InChI=1S/C18H11FN4O2S/c19-12-2-4-13(5-3-12)22-23-14(8-20)18-21-15(9-26-18)11-1-6-16-17(7-11)25-10-24-16/h1-7,9,22H,10H2/b23-14-. The van der Waals surface area contributed by atoms with Gasteiger partial charge in [0.05, 0.1) is 11.4 Å². The first-order valence-corrected chi connectivity index (χ1v) is 8.46. The molecule has 2 heterocycles. The number of nitrogens with zero attached hydrogens (tertiary/aromatic N) is 3. The highest BCUT2D eigenvalue weighted by atomic mass is 32.1. The SMILES string of the molecule is N#C/C(=N/Nc1ccc(F)cc1)c1nc(-c2ccc3c(c2)OCO3)cs1. The maximum Gasteiger partial charge on any atom is 0.231 e. The van der Waals surface area contributed by atoms with Crippen molar-refractivity contribution in [3.63, 3.8) is 0 Å². The molecule has 8 heteroatoms. The van der Waals surface area contributed by atoms with Gasteiger partial charge in [-0.2, -0.15) is 10.4 Å². The predicted octanol–water partition coefficient (Wildman–Crippen LogP) is 4.02. The Morgan fingerprint density at radius 2 is 2.00 bits per heavy atom. The first-order valence-electron chi connectivity index (χ1n) is 7.58. The van der Waals surface area contributed by atoms with Crippen LogP contribution >= 0.6 is 11.3 Å². The molecule has 0 bridgehead atoms. The number of thiazole rings is 1. The molecule has 0 atom stereocenters. The largest absolute Gasteiger partial charge is 0.454 e. The summed E-state index contributed by atoms with van der Waals surface area (Å²) in [6.45, 7) is 0.210. The molecule has 0 spiro atoms. The van der Waals surface area contributed by atoms with E-state index in [2.05, 4.69) is 15.5 Å². The van der Waals surface area contributed by atoms with Crippen LogP contribution in [0.3, 0.4) is 0 Å². The number of hydrazone groups is 1. The molecule has 1 aromatic heterocycles. The van der Waals surface area contributed by atoms with Crippen molar-refractivity contribution in [2.45, 2.75) is 0 Å². The second-order valence-electron chi connectivity index (χ2n) is 5.30. The molecule has 128 valence electrons. The minimum atomic E-state index is -0.340. The molecule has 2 aromatic carbocycles. The number of hydrogen-bond donors (Lipinski definition) is 1. The lowest BCUT2D eigenvalue weighted by Crippen LogP contribution is -2.01. The molecule has 6 nitrogen and oxygen atoms in total. The van der Waals surface area contributed by atoms with Gasteiger partial charge in [0.25, 0.3) is 0 Å². The van der Waals surface area contributed by atoms with Gasteiger partial charge >= 0.3 is 0 Å². The van der Waals surface area contributed by atoms with Crippen LogP contribution in [0, 0.1) is 17.1 Å². The number of ether oxygens (including phenoxy) is 2. The molecule has 4 rings (SSSR count). The summed E-state index contributed by atoms with van der Waals surface area (Å²) < 4.78 is 23.6. The van der Waals surface area contributed by atoms with E-state index in [9.17, 15) is 9.65 Å². The van der Waals surface area contributed by atoms with Crippen LogP contribution in [0.4, 0.5) is 10.1 Å². The summed E-state index contributed by atoms with van der Waals surface area (Å²) in [5, 5.41) is 15.7. The molecule has 0 aliphatic carbocycles. The van der Waals surface area contributed by atoms with Gasteiger partial charge in [0, 0.05) is 10.9 Å². The van der Waals surface area contributed by atoms with Gasteiger partial charge in [-0.15, -0.1) is 11.3 Å². The zero-order chi connectivity index (χ0) is 17.9. The van der Waals surface area contributed by atoms with Gasteiger partial charge in [0.1, 0.15) is 11.9 Å². The number of fused-ring (bicyclic) bond motifs is 1. The van der Waals surface area contributed by atoms with Crippen LogP contribution in [-0.4, -0.2) is 17.5 Å². The van der Waals surface area contributed by atoms with E-state index < -0.39 is 0 Å². The molecule has 3 aromatic rings. The fourth-order valence-electron chi connectivity index (χ4n) is 2.34. The molecule has 1 N–H and O–H groups in total. The van der Waals surface area contributed by atoms with Gasteiger partial charge in [0.2, 0.25) is 6.79 Å². The van der Waals surface area contributed by atoms with Gasteiger partial charge in [-0.05, 0) is 42.5 Å². The highest BCUT2D eigenvalue weighted by Crippen LogP contribution is 2.36. The number of aromatic nitrogens is 1. The van der Waals surface area contributed by atoms with E-state index >= 15 is 0 Å². The smallest absolute Gasteiger partial charge is 0.231 e. The highest BCUT2D eigenvalue weighted by molar-refractivity contribution is 7.12. The van der Waals surface area contributed by atoms with Crippen molar-refractivity contribution in [3.8, 4) is 28.8 Å². The highest BCUT2D eigenvalue weighted by Gasteiger charge is 2.16. The molecule has 1 aliphatic rings. The molecular weight excluding hydrogens is 355 g/mol. The normalized spacial score (nSPS) is 12.7. The van der Waals surface area contributed by atoms with E-state index in [1.807, 2.05) is 29.6 Å². The summed E-state index contributed by atoms with van der Waals surface area (Å²) in [6.07, 6.45) is 0. The number of nitriles is 1. The van der Waals surface area contributed by atoms with Gasteiger partial charge in [-0.25, -0.2) is 9.37 Å². The van der Waals surface area contributed by atoms with Gasteiger partial charge in [0.15, 0.2) is 22.2 Å². The predicted molar refractivity (Wildman–Crippen MR) is 95.8 cm³/mol.